The van der Waals surface area contributed by atoms with Crippen LogP contribution in [-0.2, 0) is 24.2 Å². The quantitative estimate of drug-likeness (QED) is 0.487. The Morgan fingerprint density at radius 2 is 1.86 bits per heavy atom. The number of nitrogens with one attached hydrogen (secondary N) is 1. The van der Waals surface area contributed by atoms with Crippen molar-refractivity contribution in [3.63, 3.8) is 0 Å². The molecule has 0 spiro atoms. The molecular weight excluding hydrogens is 550 g/mol. The number of piperidine rings is 2. The molecule has 6 rings (SSSR count). The summed E-state index contributed by atoms with van der Waals surface area (Å²) in [5.41, 5.74) is 10.7. The monoisotopic (exact) mass is 594 g/mol. The van der Waals surface area contributed by atoms with Gasteiger partial charge in [0.25, 0.3) is 6.43 Å². The second kappa shape index (κ2) is 12.7. The molecule has 5 heterocycles. The summed E-state index contributed by atoms with van der Waals surface area (Å²) in [6.07, 6.45) is 7.08. The fourth-order valence-electron chi connectivity index (χ4n) is 7.52. The van der Waals surface area contributed by atoms with Crippen LogP contribution in [0.5, 0.6) is 0 Å². The van der Waals surface area contributed by atoms with Gasteiger partial charge in [-0.2, -0.15) is 5.10 Å². The summed E-state index contributed by atoms with van der Waals surface area (Å²) >= 11 is 0. The second-order valence-electron chi connectivity index (χ2n) is 12.3. The summed E-state index contributed by atoms with van der Waals surface area (Å²) < 4.78 is 31.2. The molecule has 2 fully saturated rings. The minimum atomic E-state index is -2.67. The molecule has 232 valence electrons. The largest absolute Gasteiger partial charge is 0.404 e. The van der Waals surface area contributed by atoms with Crippen molar-refractivity contribution in [3.05, 3.63) is 46.3 Å². The number of amides is 1. The van der Waals surface area contributed by atoms with Crippen LogP contribution in [0.15, 0.2) is 23.3 Å². The minimum absolute atomic E-state index is 0.0435. The van der Waals surface area contributed by atoms with Crippen LogP contribution >= 0.6 is 0 Å². The Kier molecular flexibility index (Phi) is 8.81. The lowest BCUT2D eigenvalue weighted by Gasteiger charge is -2.40. The summed E-state index contributed by atoms with van der Waals surface area (Å²) in [7, 11) is 1.60. The van der Waals surface area contributed by atoms with E-state index in [9.17, 15) is 13.6 Å². The van der Waals surface area contributed by atoms with E-state index >= 15 is 0 Å². The van der Waals surface area contributed by atoms with Crippen LogP contribution in [0, 0.1) is 0 Å². The normalized spacial score (nSPS) is 21.1. The highest BCUT2D eigenvalue weighted by Gasteiger charge is 2.35. The molecule has 4 aliphatic heterocycles. The SMILES string of the molecule is CN=CC(=CN)c1cc2c(cc1C(F)F)N(c1nn(C3CCN(C4CCNCC4)CC3)c3c1CN(C(C)=O)CC3)CCC2. The first-order valence-corrected chi connectivity index (χ1v) is 15.8. The van der Waals surface area contributed by atoms with Crippen LogP contribution < -0.4 is 16.0 Å². The summed E-state index contributed by atoms with van der Waals surface area (Å²) in [5, 5.41) is 8.76. The highest BCUT2D eigenvalue weighted by Crippen LogP contribution is 2.42. The predicted molar refractivity (Wildman–Crippen MR) is 166 cm³/mol. The van der Waals surface area contributed by atoms with Crippen molar-refractivity contribution in [1.29, 1.82) is 0 Å². The number of nitrogens with zero attached hydrogens (tertiary/aromatic N) is 6. The van der Waals surface area contributed by atoms with E-state index in [4.69, 9.17) is 10.8 Å². The van der Waals surface area contributed by atoms with E-state index in [1.165, 1.54) is 31.0 Å². The molecule has 0 unspecified atom stereocenters. The number of allylic oxidation sites excluding steroid dienone is 1. The van der Waals surface area contributed by atoms with Gasteiger partial charge in [0.1, 0.15) is 0 Å². The number of halogens is 2. The van der Waals surface area contributed by atoms with Gasteiger partial charge in [0, 0.05) is 93.1 Å². The molecule has 4 aliphatic rings. The summed E-state index contributed by atoms with van der Waals surface area (Å²) in [6, 6.07) is 4.42. The van der Waals surface area contributed by atoms with Crippen LogP contribution in [0.25, 0.3) is 5.57 Å². The van der Waals surface area contributed by atoms with E-state index in [0.29, 0.717) is 36.8 Å². The molecule has 0 aliphatic carbocycles. The standard InChI is InChI=1S/C32H44F2N8O/c1-21(43)40-15-9-29-28(20-40)32(38-42(29)25-7-13-39(14-8-25)24-5-10-37-11-6-24)41-12-3-4-22-16-26(23(18-35)19-36-2)27(31(33)34)17-30(22)41/h16-19,24-25,31,37H,3-15,20,35H2,1-2H3. The summed E-state index contributed by atoms with van der Waals surface area (Å²) in [6.45, 7) is 7.76. The van der Waals surface area contributed by atoms with Gasteiger partial charge in [-0.1, -0.05) is 0 Å². The summed E-state index contributed by atoms with van der Waals surface area (Å²) in [5.74, 6) is 0.849. The predicted octanol–water partition coefficient (Wildman–Crippen LogP) is 4.20. The van der Waals surface area contributed by atoms with E-state index in [0.717, 1.165) is 80.9 Å². The van der Waals surface area contributed by atoms with Crippen molar-refractivity contribution in [3.8, 4) is 0 Å². The maximum atomic E-state index is 14.5. The highest BCUT2D eigenvalue weighted by atomic mass is 19.3. The number of fused-ring (bicyclic) bond motifs is 2. The molecule has 0 atom stereocenters. The number of hydrogen-bond donors (Lipinski definition) is 2. The third kappa shape index (κ3) is 5.81. The Bertz CT molecular complexity index is 1390. The molecule has 0 saturated carbocycles. The fourth-order valence-corrected chi connectivity index (χ4v) is 7.52. The third-order valence-corrected chi connectivity index (χ3v) is 9.80. The van der Waals surface area contributed by atoms with Crippen molar-refractivity contribution in [2.75, 3.05) is 51.2 Å². The number of hydrogen-bond acceptors (Lipinski definition) is 7. The molecule has 0 bridgehead atoms. The van der Waals surface area contributed by atoms with E-state index < -0.39 is 6.43 Å². The van der Waals surface area contributed by atoms with Gasteiger partial charge in [-0.3, -0.25) is 14.5 Å². The smallest absolute Gasteiger partial charge is 0.264 e. The van der Waals surface area contributed by atoms with Gasteiger partial charge in [0.05, 0.1) is 12.6 Å². The number of aliphatic imine (C=N–C) groups is 1. The van der Waals surface area contributed by atoms with Crippen LogP contribution in [0.4, 0.5) is 20.3 Å². The molecule has 1 aromatic carbocycles. The van der Waals surface area contributed by atoms with Gasteiger partial charge in [0.2, 0.25) is 5.91 Å². The lowest BCUT2D eigenvalue weighted by atomic mass is 9.92. The van der Waals surface area contributed by atoms with Gasteiger partial charge in [-0.25, -0.2) is 8.78 Å². The average molecular weight is 595 g/mol. The van der Waals surface area contributed by atoms with E-state index in [1.807, 2.05) is 11.0 Å². The highest BCUT2D eigenvalue weighted by molar-refractivity contribution is 6.10. The lowest BCUT2D eigenvalue weighted by molar-refractivity contribution is -0.129. The molecule has 43 heavy (non-hydrogen) atoms. The first-order valence-electron chi connectivity index (χ1n) is 15.8. The topological polar surface area (TPSA) is 95.0 Å². The number of rotatable bonds is 6. The number of alkyl halides is 2. The van der Waals surface area contributed by atoms with Gasteiger partial charge < -0.3 is 25.8 Å². The Morgan fingerprint density at radius 1 is 1.09 bits per heavy atom. The third-order valence-electron chi connectivity index (χ3n) is 9.80. The minimum Gasteiger partial charge on any atom is -0.404 e. The number of aromatic nitrogens is 2. The van der Waals surface area contributed by atoms with Crippen molar-refractivity contribution >= 4 is 29.2 Å². The number of anilines is 2. The first-order chi connectivity index (χ1) is 20.9. The Balaban J connectivity index is 1.37. The number of carbonyl (C=O) groups excluding carboxylic acids is 1. The van der Waals surface area contributed by atoms with E-state index in [-0.39, 0.29) is 17.5 Å². The molecule has 9 nitrogen and oxygen atoms in total. The zero-order chi connectivity index (χ0) is 30.1. The van der Waals surface area contributed by atoms with Crippen molar-refractivity contribution < 1.29 is 13.6 Å². The summed E-state index contributed by atoms with van der Waals surface area (Å²) in [4.78, 5) is 23.1. The molecule has 1 amide bonds. The average Bonchev–Trinajstić information content (AvgIpc) is 3.42. The number of nitrogens with two attached hydrogens (primary N) is 1. The first kappa shape index (κ1) is 29.7. The molecule has 3 N–H and O–H groups in total. The number of benzene rings is 1. The molecule has 11 heteroatoms. The van der Waals surface area contributed by atoms with Gasteiger partial charge in [0.15, 0.2) is 5.82 Å². The maximum Gasteiger partial charge on any atom is 0.264 e. The van der Waals surface area contributed by atoms with E-state index in [1.54, 1.807) is 20.0 Å². The fraction of sp³-hybridized carbons (Fsp3) is 0.594. The van der Waals surface area contributed by atoms with Crippen LogP contribution in [-0.4, -0.2) is 84.1 Å². The van der Waals surface area contributed by atoms with Gasteiger partial charge in [-0.05, 0) is 74.9 Å². The molecule has 2 saturated heterocycles. The maximum absolute atomic E-state index is 14.5. The Labute approximate surface area is 252 Å². The molecule has 0 radical (unpaired) electrons. The zero-order valence-electron chi connectivity index (χ0n) is 25.4. The Morgan fingerprint density at radius 3 is 2.53 bits per heavy atom. The van der Waals surface area contributed by atoms with Crippen LogP contribution in [0.3, 0.4) is 0 Å². The number of likely N-dealkylation sites (tertiary alicyclic amines) is 1. The molecular formula is C32H44F2N8O. The zero-order valence-corrected chi connectivity index (χ0v) is 25.4. The lowest BCUT2D eigenvalue weighted by Crippen LogP contribution is -2.47. The van der Waals surface area contributed by atoms with Crippen molar-refractivity contribution in [2.24, 2.45) is 10.7 Å². The molecule has 2 aromatic rings. The van der Waals surface area contributed by atoms with Crippen LogP contribution in [0.1, 0.15) is 79.4 Å². The van der Waals surface area contributed by atoms with Gasteiger partial charge >= 0.3 is 0 Å². The second-order valence-corrected chi connectivity index (χ2v) is 12.3. The van der Waals surface area contributed by atoms with Crippen molar-refractivity contribution in [2.45, 2.75) is 76.9 Å². The molecule has 1 aromatic heterocycles. The van der Waals surface area contributed by atoms with Crippen molar-refractivity contribution in [1.82, 2.24) is 24.9 Å². The number of carbonyl (C=O) groups is 1. The number of aryl methyl sites for hydroxylation is 1. The van der Waals surface area contributed by atoms with Gasteiger partial charge in [-0.15, -0.1) is 0 Å². The van der Waals surface area contributed by atoms with E-state index in [2.05, 4.69) is 24.8 Å². The Hall–Kier alpha value is -3.31. The van der Waals surface area contributed by atoms with Crippen LogP contribution in [0.2, 0.25) is 0 Å².